The third-order valence-corrected chi connectivity index (χ3v) is 3.13. The minimum Gasteiger partial charge on any atom is -0.497 e. The van der Waals surface area contributed by atoms with Crippen LogP contribution < -0.4 is 10.1 Å². The second-order valence-electron chi connectivity index (χ2n) is 4.89. The van der Waals surface area contributed by atoms with Crippen molar-refractivity contribution >= 4 is 5.97 Å². The second-order valence-corrected chi connectivity index (χ2v) is 4.89. The Morgan fingerprint density at radius 2 is 1.95 bits per heavy atom. The van der Waals surface area contributed by atoms with E-state index in [0.717, 1.165) is 6.54 Å². The average Bonchev–Trinajstić information content (AvgIpc) is 2.38. The summed E-state index contributed by atoms with van der Waals surface area (Å²) in [5.41, 5.74) is -0.387. The summed E-state index contributed by atoms with van der Waals surface area (Å²) in [4.78, 5) is 13.5. The predicted octanol–water partition coefficient (Wildman–Crippen LogP) is 1.15. The Morgan fingerprint density at radius 1 is 1.37 bits per heavy atom. The summed E-state index contributed by atoms with van der Waals surface area (Å²) in [6.45, 7) is 3.05. The molecule has 1 atom stereocenters. The van der Waals surface area contributed by atoms with E-state index in [9.17, 15) is 9.90 Å². The number of likely N-dealkylation sites (N-methyl/N-ethyl adjacent to an activating group) is 1. The van der Waals surface area contributed by atoms with E-state index < -0.39 is 11.5 Å². The van der Waals surface area contributed by atoms with Gasteiger partial charge in [-0.2, -0.15) is 0 Å². The molecule has 0 saturated heterocycles. The Hall–Kier alpha value is -1.59. The number of carboxylic acids is 1. The van der Waals surface area contributed by atoms with Crippen LogP contribution in [0.5, 0.6) is 5.75 Å². The van der Waals surface area contributed by atoms with Crippen LogP contribution in [0.2, 0.25) is 0 Å². The van der Waals surface area contributed by atoms with Crippen LogP contribution >= 0.6 is 0 Å². The number of nitrogens with one attached hydrogen (secondary N) is 1. The summed E-state index contributed by atoms with van der Waals surface area (Å²) < 4.78 is 5.08. The molecule has 0 aliphatic heterocycles. The molecular weight excluding hydrogens is 244 g/mol. The highest BCUT2D eigenvalue weighted by atomic mass is 16.5. The van der Waals surface area contributed by atoms with Gasteiger partial charge in [-0.15, -0.1) is 0 Å². The summed E-state index contributed by atoms with van der Waals surface area (Å²) in [5, 5.41) is 12.6. The number of hydrogen-bond acceptors (Lipinski definition) is 4. The number of rotatable bonds is 7. The summed E-state index contributed by atoms with van der Waals surface area (Å²) in [6.07, 6.45) is 0. The lowest BCUT2D eigenvalue weighted by Crippen LogP contribution is -2.48. The lowest BCUT2D eigenvalue weighted by atomic mass is 9.92. The van der Waals surface area contributed by atoms with Crippen LogP contribution in [-0.4, -0.2) is 50.3 Å². The van der Waals surface area contributed by atoms with Crippen LogP contribution in [0.15, 0.2) is 24.3 Å². The highest BCUT2D eigenvalue weighted by molar-refractivity contribution is 5.80. The summed E-state index contributed by atoms with van der Waals surface area (Å²) in [6, 6.07) is 7.08. The molecule has 2 N–H and O–H groups in total. The summed E-state index contributed by atoms with van der Waals surface area (Å²) in [7, 11) is 5.49. The van der Waals surface area contributed by atoms with Gasteiger partial charge < -0.3 is 14.7 Å². The maximum atomic E-state index is 11.5. The molecule has 19 heavy (non-hydrogen) atoms. The van der Waals surface area contributed by atoms with Crippen molar-refractivity contribution in [2.24, 2.45) is 0 Å². The summed E-state index contributed by atoms with van der Waals surface area (Å²) >= 11 is 0. The lowest BCUT2D eigenvalue weighted by molar-refractivity contribution is -0.144. The van der Waals surface area contributed by atoms with E-state index in [1.807, 2.05) is 19.0 Å². The number of ether oxygens (including phenoxy) is 1. The van der Waals surface area contributed by atoms with Crippen LogP contribution in [0.1, 0.15) is 12.5 Å². The fourth-order valence-corrected chi connectivity index (χ4v) is 1.76. The number of carbonyl (C=O) groups is 1. The smallest absolute Gasteiger partial charge is 0.328 e. The topological polar surface area (TPSA) is 61.8 Å². The summed E-state index contributed by atoms with van der Waals surface area (Å²) in [5.74, 6) is -0.179. The first-order valence-electron chi connectivity index (χ1n) is 6.18. The predicted molar refractivity (Wildman–Crippen MR) is 74.5 cm³/mol. The van der Waals surface area contributed by atoms with Crippen molar-refractivity contribution in [2.75, 3.05) is 34.3 Å². The molecule has 0 aliphatic carbocycles. The first kappa shape index (κ1) is 15.5. The third kappa shape index (κ3) is 3.94. The molecule has 1 rings (SSSR count). The van der Waals surface area contributed by atoms with Gasteiger partial charge >= 0.3 is 5.97 Å². The number of methoxy groups -OCH3 is 1. The normalized spacial score (nSPS) is 14.2. The van der Waals surface area contributed by atoms with Gasteiger partial charge in [-0.25, -0.2) is 4.79 Å². The van der Waals surface area contributed by atoms with E-state index in [4.69, 9.17) is 4.74 Å². The lowest BCUT2D eigenvalue weighted by Gasteiger charge is -2.27. The first-order chi connectivity index (χ1) is 8.90. The van der Waals surface area contributed by atoms with Gasteiger partial charge in [0.25, 0.3) is 0 Å². The fourth-order valence-electron chi connectivity index (χ4n) is 1.76. The third-order valence-electron chi connectivity index (χ3n) is 3.13. The number of hydrogen-bond donors (Lipinski definition) is 2. The molecule has 1 unspecified atom stereocenters. The maximum absolute atomic E-state index is 11.5. The quantitative estimate of drug-likeness (QED) is 0.775. The van der Waals surface area contributed by atoms with Gasteiger partial charge in [0.2, 0.25) is 0 Å². The zero-order chi connectivity index (χ0) is 14.5. The molecule has 0 saturated carbocycles. The van der Waals surface area contributed by atoms with Crippen LogP contribution in [0.25, 0.3) is 0 Å². The van der Waals surface area contributed by atoms with Crippen molar-refractivity contribution in [3.8, 4) is 5.75 Å². The fraction of sp³-hybridized carbons (Fsp3) is 0.500. The molecule has 0 fully saturated rings. The zero-order valence-corrected chi connectivity index (χ0v) is 11.9. The standard InChI is InChI=1S/C14H22N2O3/c1-14(13(17)18,15-9-10-16(2)3)11-5-7-12(19-4)8-6-11/h5-8,15H,9-10H2,1-4H3,(H,17,18). The Balaban J connectivity index is 2.87. The van der Waals surface area contributed by atoms with Crippen molar-refractivity contribution in [2.45, 2.75) is 12.5 Å². The van der Waals surface area contributed by atoms with Gasteiger partial charge in [-0.3, -0.25) is 5.32 Å². The van der Waals surface area contributed by atoms with Crippen LogP contribution in [0.3, 0.4) is 0 Å². The molecule has 0 heterocycles. The molecule has 5 heteroatoms. The van der Waals surface area contributed by atoms with Crippen molar-refractivity contribution in [3.63, 3.8) is 0 Å². The number of nitrogens with zero attached hydrogens (tertiary/aromatic N) is 1. The molecule has 0 aliphatic rings. The highest BCUT2D eigenvalue weighted by Gasteiger charge is 2.34. The maximum Gasteiger partial charge on any atom is 0.328 e. The van der Waals surface area contributed by atoms with Crippen molar-refractivity contribution < 1.29 is 14.6 Å². The van der Waals surface area contributed by atoms with Gasteiger partial charge in [0, 0.05) is 13.1 Å². The van der Waals surface area contributed by atoms with Crippen molar-refractivity contribution in [3.05, 3.63) is 29.8 Å². The van der Waals surface area contributed by atoms with E-state index in [1.165, 1.54) is 0 Å². The minimum absolute atomic E-state index is 0.599. The Bertz CT molecular complexity index is 417. The van der Waals surface area contributed by atoms with Gasteiger partial charge in [0.1, 0.15) is 11.3 Å². The monoisotopic (exact) mass is 266 g/mol. The first-order valence-corrected chi connectivity index (χ1v) is 6.18. The van der Waals surface area contributed by atoms with Gasteiger partial charge in [0.05, 0.1) is 7.11 Å². The SMILES string of the molecule is COc1ccc(C(C)(NCCN(C)C)C(=O)O)cc1. The zero-order valence-electron chi connectivity index (χ0n) is 11.9. The molecule has 0 bridgehead atoms. The Labute approximate surface area is 114 Å². The van der Waals surface area contributed by atoms with Crippen LogP contribution in [-0.2, 0) is 10.3 Å². The second kappa shape index (κ2) is 6.54. The number of aliphatic carboxylic acids is 1. The van der Waals surface area contributed by atoms with Crippen LogP contribution in [0, 0.1) is 0 Å². The number of carboxylic acid groups (broad SMARTS) is 1. The molecule has 0 spiro atoms. The minimum atomic E-state index is -1.09. The van der Waals surface area contributed by atoms with E-state index >= 15 is 0 Å². The molecule has 0 radical (unpaired) electrons. The number of benzene rings is 1. The van der Waals surface area contributed by atoms with Crippen LogP contribution in [0.4, 0.5) is 0 Å². The Morgan fingerprint density at radius 3 is 2.37 bits per heavy atom. The van der Waals surface area contributed by atoms with Gasteiger partial charge in [0.15, 0.2) is 0 Å². The molecule has 1 aromatic carbocycles. The Kier molecular flexibility index (Phi) is 5.32. The molecule has 1 aromatic rings. The van der Waals surface area contributed by atoms with Crippen molar-refractivity contribution in [1.29, 1.82) is 0 Å². The molecule has 0 aromatic heterocycles. The van der Waals surface area contributed by atoms with Gasteiger partial charge in [-0.05, 0) is 38.7 Å². The largest absolute Gasteiger partial charge is 0.497 e. The molecule has 106 valence electrons. The molecular formula is C14H22N2O3. The average molecular weight is 266 g/mol. The van der Waals surface area contributed by atoms with E-state index in [2.05, 4.69) is 5.32 Å². The molecule has 5 nitrogen and oxygen atoms in total. The molecule has 0 amide bonds. The highest BCUT2D eigenvalue weighted by Crippen LogP contribution is 2.23. The van der Waals surface area contributed by atoms with Crippen molar-refractivity contribution in [1.82, 2.24) is 10.2 Å². The van der Waals surface area contributed by atoms with E-state index in [1.54, 1.807) is 38.3 Å². The van der Waals surface area contributed by atoms with Gasteiger partial charge in [-0.1, -0.05) is 12.1 Å². The van der Waals surface area contributed by atoms with E-state index in [-0.39, 0.29) is 0 Å². The van der Waals surface area contributed by atoms with E-state index in [0.29, 0.717) is 17.9 Å².